The summed E-state index contributed by atoms with van der Waals surface area (Å²) in [6.45, 7) is 9.47. The first-order chi connectivity index (χ1) is 8.99. The zero-order chi connectivity index (χ0) is 14.2. The van der Waals surface area contributed by atoms with Gasteiger partial charge in [-0.05, 0) is 27.7 Å². The van der Waals surface area contributed by atoms with Gasteiger partial charge in [0, 0.05) is 32.1 Å². The molecule has 5 nitrogen and oxygen atoms in total. The van der Waals surface area contributed by atoms with Crippen LogP contribution >= 0.6 is 0 Å². The van der Waals surface area contributed by atoms with E-state index in [1.54, 1.807) is 4.68 Å². The van der Waals surface area contributed by atoms with E-state index in [0.717, 1.165) is 36.5 Å². The van der Waals surface area contributed by atoms with Gasteiger partial charge in [0.1, 0.15) is 5.69 Å². The zero-order valence-corrected chi connectivity index (χ0v) is 12.4. The number of ether oxygens (including phenoxy) is 1. The number of aromatic nitrogens is 2. The minimum Gasteiger partial charge on any atom is -0.369 e. The van der Waals surface area contributed by atoms with E-state index in [2.05, 4.69) is 5.10 Å². The lowest BCUT2D eigenvalue weighted by Crippen LogP contribution is -2.33. The van der Waals surface area contributed by atoms with Crippen LogP contribution in [-0.4, -0.2) is 39.8 Å². The molecule has 0 bridgehead atoms. The molecule has 0 fully saturated rings. The summed E-state index contributed by atoms with van der Waals surface area (Å²) in [5.74, 6) is 0.0718. The third kappa shape index (κ3) is 2.39. The number of rotatable bonds is 3. The maximum absolute atomic E-state index is 12.6. The van der Waals surface area contributed by atoms with Gasteiger partial charge in [-0.2, -0.15) is 5.10 Å². The molecule has 0 unspecified atom stereocenters. The van der Waals surface area contributed by atoms with Crippen molar-refractivity contribution in [2.45, 2.75) is 46.3 Å². The molecule has 2 heterocycles. The molecule has 1 aromatic rings. The van der Waals surface area contributed by atoms with E-state index in [1.807, 2.05) is 39.6 Å². The van der Waals surface area contributed by atoms with Crippen LogP contribution in [0.5, 0.6) is 0 Å². The summed E-state index contributed by atoms with van der Waals surface area (Å²) in [6.07, 6.45) is 0.855. The molecule has 1 aliphatic rings. The van der Waals surface area contributed by atoms with Gasteiger partial charge in [-0.25, -0.2) is 0 Å². The Hall–Kier alpha value is -1.36. The van der Waals surface area contributed by atoms with Crippen LogP contribution in [0.4, 0.5) is 0 Å². The Balaban J connectivity index is 2.44. The van der Waals surface area contributed by atoms with E-state index in [-0.39, 0.29) is 18.1 Å². The number of carbonyl (C=O) groups is 1. The molecule has 1 aliphatic heterocycles. The van der Waals surface area contributed by atoms with Crippen molar-refractivity contribution in [2.75, 3.05) is 13.1 Å². The topological polar surface area (TPSA) is 47.4 Å². The third-order valence-corrected chi connectivity index (χ3v) is 3.74. The van der Waals surface area contributed by atoms with Crippen molar-refractivity contribution in [3.05, 3.63) is 17.0 Å². The number of carbonyl (C=O) groups excluding carboxylic acids is 1. The van der Waals surface area contributed by atoms with Crippen LogP contribution in [0.3, 0.4) is 0 Å². The molecular formula is C14H23N3O2. The molecule has 0 saturated heterocycles. The van der Waals surface area contributed by atoms with Gasteiger partial charge < -0.3 is 9.64 Å². The molecule has 1 aromatic heterocycles. The zero-order valence-electron chi connectivity index (χ0n) is 12.4. The molecule has 0 aliphatic carbocycles. The highest BCUT2D eigenvalue weighted by atomic mass is 16.5. The summed E-state index contributed by atoms with van der Waals surface area (Å²) in [5.41, 5.74) is 2.70. The Morgan fingerprint density at radius 3 is 2.63 bits per heavy atom. The summed E-state index contributed by atoms with van der Waals surface area (Å²) >= 11 is 0. The smallest absolute Gasteiger partial charge is 0.272 e. The van der Waals surface area contributed by atoms with E-state index >= 15 is 0 Å². The van der Waals surface area contributed by atoms with Gasteiger partial charge in [0.2, 0.25) is 0 Å². The largest absolute Gasteiger partial charge is 0.369 e. The van der Waals surface area contributed by atoms with Crippen LogP contribution < -0.4 is 0 Å². The minimum absolute atomic E-state index is 0.0387. The fourth-order valence-electron chi connectivity index (χ4n) is 2.79. The maximum atomic E-state index is 12.6. The van der Waals surface area contributed by atoms with E-state index in [1.165, 1.54) is 0 Å². The fraction of sp³-hybridized carbons (Fsp3) is 0.714. The summed E-state index contributed by atoms with van der Waals surface area (Å²) < 4.78 is 7.48. The van der Waals surface area contributed by atoms with Gasteiger partial charge in [-0.1, -0.05) is 0 Å². The van der Waals surface area contributed by atoms with Gasteiger partial charge in [0.25, 0.3) is 5.91 Å². The number of hydrogen-bond acceptors (Lipinski definition) is 3. The SMILES string of the molecule is CCN(CC)C(=O)c1c2c(nn1C)[C@H](C)O[C@H](C)C2. The lowest BCUT2D eigenvalue weighted by Gasteiger charge is -2.25. The first-order valence-corrected chi connectivity index (χ1v) is 7.00. The monoisotopic (exact) mass is 265 g/mol. The number of hydrogen-bond donors (Lipinski definition) is 0. The highest BCUT2D eigenvalue weighted by Gasteiger charge is 2.32. The molecule has 1 amide bonds. The Bertz CT molecular complexity index is 477. The normalized spacial score (nSPS) is 22.2. The molecule has 0 saturated carbocycles. The third-order valence-electron chi connectivity index (χ3n) is 3.74. The Morgan fingerprint density at radius 1 is 1.42 bits per heavy atom. The molecule has 2 atom stereocenters. The van der Waals surface area contributed by atoms with E-state index in [9.17, 15) is 4.79 Å². The molecule has 0 radical (unpaired) electrons. The highest BCUT2D eigenvalue weighted by molar-refractivity contribution is 5.94. The lowest BCUT2D eigenvalue weighted by molar-refractivity contribution is -0.00713. The fourth-order valence-corrected chi connectivity index (χ4v) is 2.79. The second kappa shape index (κ2) is 5.33. The van der Waals surface area contributed by atoms with Crippen LogP contribution in [0.2, 0.25) is 0 Å². The first-order valence-electron chi connectivity index (χ1n) is 7.00. The van der Waals surface area contributed by atoms with Gasteiger partial charge in [-0.3, -0.25) is 9.48 Å². The van der Waals surface area contributed by atoms with Crippen LogP contribution in [-0.2, 0) is 18.2 Å². The van der Waals surface area contributed by atoms with Gasteiger partial charge in [0.05, 0.1) is 17.9 Å². The molecule has 0 spiro atoms. The quantitative estimate of drug-likeness (QED) is 0.839. The maximum Gasteiger partial charge on any atom is 0.272 e. The molecule has 19 heavy (non-hydrogen) atoms. The Kier molecular flexibility index (Phi) is 3.94. The van der Waals surface area contributed by atoms with Crippen molar-refractivity contribution in [2.24, 2.45) is 7.05 Å². The van der Waals surface area contributed by atoms with Crippen molar-refractivity contribution in [3.63, 3.8) is 0 Å². The average molecular weight is 265 g/mol. The molecule has 106 valence electrons. The Morgan fingerprint density at radius 2 is 2.05 bits per heavy atom. The van der Waals surface area contributed by atoms with Crippen molar-refractivity contribution in [3.8, 4) is 0 Å². The molecular weight excluding hydrogens is 242 g/mol. The molecule has 0 N–H and O–H groups in total. The van der Waals surface area contributed by atoms with Crippen LogP contribution in [0.1, 0.15) is 55.5 Å². The minimum atomic E-state index is -0.0387. The summed E-state index contributed by atoms with van der Waals surface area (Å²) in [6, 6.07) is 0. The van der Waals surface area contributed by atoms with E-state index in [0.29, 0.717) is 0 Å². The second-order valence-corrected chi connectivity index (χ2v) is 5.11. The number of aryl methyl sites for hydroxylation is 1. The molecule has 2 rings (SSSR count). The van der Waals surface area contributed by atoms with E-state index < -0.39 is 0 Å². The summed E-state index contributed by atoms with van der Waals surface area (Å²) in [5, 5.41) is 4.48. The van der Waals surface area contributed by atoms with Crippen LogP contribution in [0.15, 0.2) is 0 Å². The van der Waals surface area contributed by atoms with Crippen molar-refractivity contribution in [1.29, 1.82) is 0 Å². The average Bonchev–Trinajstić information content (AvgIpc) is 2.67. The van der Waals surface area contributed by atoms with E-state index in [4.69, 9.17) is 4.74 Å². The van der Waals surface area contributed by atoms with Gasteiger partial charge in [0.15, 0.2) is 0 Å². The van der Waals surface area contributed by atoms with Crippen molar-refractivity contribution < 1.29 is 9.53 Å². The number of nitrogens with zero attached hydrogens (tertiary/aromatic N) is 3. The predicted molar refractivity (Wildman–Crippen MR) is 73.1 cm³/mol. The first kappa shape index (κ1) is 14.1. The second-order valence-electron chi connectivity index (χ2n) is 5.11. The summed E-state index contributed by atoms with van der Waals surface area (Å²) in [7, 11) is 1.84. The number of fused-ring (bicyclic) bond motifs is 1. The van der Waals surface area contributed by atoms with Gasteiger partial charge in [-0.15, -0.1) is 0 Å². The van der Waals surface area contributed by atoms with Crippen molar-refractivity contribution in [1.82, 2.24) is 14.7 Å². The molecule has 0 aromatic carbocycles. The lowest BCUT2D eigenvalue weighted by atomic mass is 9.99. The van der Waals surface area contributed by atoms with Crippen molar-refractivity contribution >= 4 is 5.91 Å². The van der Waals surface area contributed by atoms with Crippen LogP contribution in [0, 0.1) is 0 Å². The van der Waals surface area contributed by atoms with Gasteiger partial charge >= 0.3 is 0 Å². The summed E-state index contributed by atoms with van der Waals surface area (Å²) in [4.78, 5) is 14.4. The predicted octanol–water partition coefficient (Wildman–Crippen LogP) is 1.92. The highest BCUT2D eigenvalue weighted by Crippen LogP contribution is 2.31. The standard InChI is InChI=1S/C14H23N3O2/c1-6-17(7-2)14(18)13-11-8-9(3)19-10(4)12(11)15-16(13)5/h9-10H,6-8H2,1-5H3/t9-,10+/m1/s1. The Labute approximate surface area is 114 Å². The van der Waals surface area contributed by atoms with Crippen LogP contribution in [0.25, 0.3) is 0 Å². The molecule has 5 heteroatoms. The number of amides is 1.